The standard InChI is InChI=1S/C18H27N3O4/c1-20-8-10-21(11-9-20)19-18(22)7-5-6-15-16(24-3)12-14(23-2)13-17(15)25-4/h5-6,12-13H,7-11H2,1-4H3,(H,19,22). The molecule has 25 heavy (non-hydrogen) atoms. The number of ether oxygens (including phenoxy) is 3. The van der Waals surface area contributed by atoms with Crippen LogP contribution in [0.15, 0.2) is 18.2 Å². The van der Waals surface area contributed by atoms with Crippen molar-refractivity contribution in [3.63, 3.8) is 0 Å². The molecule has 0 unspecified atom stereocenters. The van der Waals surface area contributed by atoms with E-state index in [0.29, 0.717) is 17.2 Å². The van der Waals surface area contributed by atoms with E-state index in [1.54, 1.807) is 39.5 Å². The number of hydrogen-bond donors (Lipinski definition) is 1. The minimum absolute atomic E-state index is 0.0350. The van der Waals surface area contributed by atoms with E-state index in [1.807, 2.05) is 11.1 Å². The number of rotatable bonds is 7. The Kier molecular flexibility index (Phi) is 7.09. The number of hydrazine groups is 1. The van der Waals surface area contributed by atoms with Gasteiger partial charge >= 0.3 is 0 Å². The van der Waals surface area contributed by atoms with Crippen molar-refractivity contribution in [1.29, 1.82) is 0 Å². The maximum atomic E-state index is 12.1. The van der Waals surface area contributed by atoms with Gasteiger partial charge in [0.25, 0.3) is 0 Å². The van der Waals surface area contributed by atoms with Gasteiger partial charge in [0, 0.05) is 44.7 Å². The number of hydrogen-bond acceptors (Lipinski definition) is 6. The molecule has 0 spiro atoms. The molecule has 1 aliphatic rings. The second kappa shape index (κ2) is 9.29. The van der Waals surface area contributed by atoms with Gasteiger partial charge in [-0.1, -0.05) is 12.2 Å². The van der Waals surface area contributed by atoms with Crippen molar-refractivity contribution in [2.24, 2.45) is 0 Å². The molecule has 7 nitrogen and oxygen atoms in total. The first-order valence-electron chi connectivity index (χ1n) is 8.27. The van der Waals surface area contributed by atoms with E-state index in [1.165, 1.54) is 0 Å². The number of nitrogens with one attached hydrogen (secondary N) is 1. The molecule has 1 N–H and O–H groups in total. The van der Waals surface area contributed by atoms with Crippen molar-refractivity contribution in [2.75, 3.05) is 54.6 Å². The second-order valence-electron chi connectivity index (χ2n) is 5.88. The Hall–Kier alpha value is -2.25. The van der Waals surface area contributed by atoms with Gasteiger partial charge in [0.05, 0.1) is 26.9 Å². The third kappa shape index (κ3) is 5.37. The van der Waals surface area contributed by atoms with Gasteiger partial charge in [-0.05, 0) is 7.05 Å². The number of amides is 1. The summed E-state index contributed by atoms with van der Waals surface area (Å²) >= 11 is 0. The lowest BCUT2D eigenvalue weighted by atomic mass is 10.1. The summed E-state index contributed by atoms with van der Waals surface area (Å²) in [5.74, 6) is 1.88. The largest absolute Gasteiger partial charge is 0.496 e. The molecule has 0 atom stereocenters. The van der Waals surface area contributed by atoms with Crippen LogP contribution in [0.3, 0.4) is 0 Å². The van der Waals surface area contributed by atoms with Crippen molar-refractivity contribution in [3.05, 3.63) is 23.8 Å². The number of carbonyl (C=O) groups excluding carboxylic acids is 1. The van der Waals surface area contributed by atoms with Gasteiger partial charge < -0.3 is 19.1 Å². The van der Waals surface area contributed by atoms with Gasteiger partial charge in [0.2, 0.25) is 5.91 Å². The molecule has 0 radical (unpaired) electrons. The Balaban J connectivity index is 1.98. The van der Waals surface area contributed by atoms with Crippen molar-refractivity contribution in [3.8, 4) is 17.2 Å². The van der Waals surface area contributed by atoms with E-state index in [-0.39, 0.29) is 12.3 Å². The number of carbonyl (C=O) groups is 1. The number of likely N-dealkylation sites (N-methyl/N-ethyl adjacent to an activating group) is 1. The molecule has 1 fully saturated rings. The van der Waals surface area contributed by atoms with Crippen LogP contribution in [0, 0.1) is 0 Å². The molecular weight excluding hydrogens is 322 g/mol. The summed E-state index contributed by atoms with van der Waals surface area (Å²) in [6, 6.07) is 3.57. The normalized spacial score (nSPS) is 16.0. The van der Waals surface area contributed by atoms with Crippen LogP contribution in [0.1, 0.15) is 12.0 Å². The Morgan fingerprint density at radius 3 is 2.20 bits per heavy atom. The summed E-state index contributed by atoms with van der Waals surface area (Å²) in [6.07, 6.45) is 3.92. The zero-order chi connectivity index (χ0) is 18.2. The predicted octanol–water partition coefficient (Wildman–Crippen LogP) is 1.39. The molecule has 2 rings (SSSR count). The summed E-state index contributed by atoms with van der Waals surface area (Å²) < 4.78 is 16.0. The number of nitrogens with zero attached hydrogens (tertiary/aromatic N) is 2. The van der Waals surface area contributed by atoms with Crippen molar-refractivity contribution < 1.29 is 19.0 Å². The lowest BCUT2D eigenvalue weighted by Crippen LogP contribution is -2.52. The first-order chi connectivity index (χ1) is 12.1. The molecule has 1 aromatic rings. The number of benzene rings is 1. The van der Waals surface area contributed by atoms with Crippen LogP contribution in [-0.4, -0.2) is 70.4 Å². The summed E-state index contributed by atoms with van der Waals surface area (Å²) in [5, 5.41) is 1.96. The van der Waals surface area contributed by atoms with Crippen LogP contribution in [0.2, 0.25) is 0 Å². The number of methoxy groups -OCH3 is 3. The van der Waals surface area contributed by atoms with Crippen molar-refractivity contribution >= 4 is 12.0 Å². The fourth-order valence-corrected chi connectivity index (χ4v) is 2.62. The summed E-state index contributed by atoms with van der Waals surface area (Å²) in [7, 11) is 6.85. The van der Waals surface area contributed by atoms with E-state index in [4.69, 9.17) is 14.2 Å². The van der Waals surface area contributed by atoms with Gasteiger partial charge in [-0.2, -0.15) is 0 Å². The Morgan fingerprint density at radius 1 is 1.08 bits per heavy atom. The van der Waals surface area contributed by atoms with Crippen LogP contribution < -0.4 is 19.6 Å². The monoisotopic (exact) mass is 349 g/mol. The third-order valence-corrected chi connectivity index (χ3v) is 4.13. The first-order valence-corrected chi connectivity index (χ1v) is 8.27. The lowest BCUT2D eigenvalue weighted by Gasteiger charge is -2.32. The maximum Gasteiger partial charge on any atom is 0.238 e. The zero-order valence-electron chi connectivity index (χ0n) is 15.4. The first kappa shape index (κ1) is 19.1. The third-order valence-electron chi connectivity index (χ3n) is 4.13. The second-order valence-corrected chi connectivity index (χ2v) is 5.88. The molecule has 0 aliphatic carbocycles. The van der Waals surface area contributed by atoms with E-state index in [0.717, 1.165) is 31.7 Å². The zero-order valence-corrected chi connectivity index (χ0v) is 15.4. The molecule has 1 saturated heterocycles. The fraction of sp³-hybridized carbons (Fsp3) is 0.500. The van der Waals surface area contributed by atoms with Crippen LogP contribution in [0.5, 0.6) is 17.2 Å². The molecule has 0 bridgehead atoms. The molecular formula is C18H27N3O4. The maximum absolute atomic E-state index is 12.1. The molecule has 7 heteroatoms. The Bertz CT molecular complexity index is 585. The number of piperazine rings is 1. The minimum atomic E-state index is -0.0350. The predicted molar refractivity (Wildman–Crippen MR) is 97.0 cm³/mol. The van der Waals surface area contributed by atoms with Crippen molar-refractivity contribution in [1.82, 2.24) is 15.3 Å². The van der Waals surface area contributed by atoms with Gasteiger partial charge in [-0.3, -0.25) is 10.2 Å². The molecule has 1 aromatic carbocycles. The van der Waals surface area contributed by atoms with Gasteiger partial charge in [0.1, 0.15) is 17.2 Å². The van der Waals surface area contributed by atoms with Crippen molar-refractivity contribution in [2.45, 2.75) is 6.42 Å². The molecule has 1 heterocycles. The molecule has 1 aliphatic heterocycles. The highest BCUT2D eigenvalue weighted by Crippen LogP contribution is 2.35. The smallest absolute Gasteiger partial charge is 0.238 e. The molecule has 1 amide bonds. The minimum Gasteiger partial charge on any atom is -0.496 e. The van der Waals surface area contributed by atoms with Gasteiger partial charge in [0.15, 0.2) is 0 Å². The fourth-order valence-electron chi connectivity index (χ4n) is 2.62. The summed E-state index contributed by atoms with van der Waals surface area (Å²) in [4.78, 5) is 14.3. The highest BCUT2D eigenvalue weighted by Gasteiger charge is 2.15. The molecule has 0 saturated carbocycles. The molecule has 0 aromatic heterocycles. The lowest BCUT2D eigenvalue weighted by molar-refractivity contribution is -0.125. The van der Waals surface area contributed by atoms with Gasteiger partial charge in [-0.15, -0.1) is 0 Å². The topological polar surface area (TPSA) is 63.3 Å². The van der Waals surface area contributed by atoms with Crippen LogP contribution in [-0.2, 0) is 4.79 Å². The van der Waals surface area contributed by atoms with Crippen LogP contribution >= 0.6 is 0 Å². The van der Waals surface area contributed by atoms with E-state index >= 15 is 0 Å². The summed E-state index contributed by atoms with van der Waals surface area (Å²) in [6.45, 7) is 3.59. The van der Waals surface area contributed by atoms with Gasteiger partial charge in [-0.25, -0.2) is 5.01 Å². The Morgan fingerprint density at radius 2 is 1.68 bits per heavy atom. The van der Waals surface area contributed by atoms with Crippen LogP contribution in [0.4, 0.5) is 0 Å². The summed E-state index contributed by atoms with van der Waals surface area (Å²) in [5.41, 5.74) is 3.71. The highest BCUT2D eigenvalue weighted by atomic mass is 16.5. The highest BCUT2D eigenvalue weighted by molar-refractivity contribution is 5.78. The quantitative estimate of drug-likeness (QED) is 0.803. The Labute approximate surface area is 149 Å². The van der Waals surface area contributed by atoms with Crippen LogP contribution in [0.25, 0.3) is 6.08 Å². The van der Waals surface area contributed by atoms with E-state index < -0.39 is 0 Å². The average molecular weight is 349 g/mol. The average Bonchev–Trinajstić information content (AvgIpc) is 2.63. The van der Waals surface area contributed by atoms with E-state index in [9.17, 15) is 4.79 Å². The SMILES string of the molecule is COc1cc(OC)c(C=CCC(=O)NN2CCN(C)CC2)c(OC)c1. The van der Waals surface area contributed by atoms with E-state index in [2.05, 4.69) is 17.4 Å². The molecule has 138 valence electrons.